The van der Waals surface area contributed by atoms with Crippen molar-refractivity contribution in [3.63, 3.8) is 0 Å². The lowest BCUT2D eigenvalue weighted by molar-refractivity contribution is -0.143. The van der Waals surface area contributed by atoms with Crippen LogP contribution in [0.1, 0.15) is 45.4 Å². The van der Waals surface area contributed by atoms with Gasteiger partial charge in [-0.15, -0.1) is 0 Å². The maximum absolute atomic E-state index is 11.2. The van der Waals surface area contributed by atoms with E-state index in [1.165, 1.54) is 31.4 Å². The standard InChI is InChI=1S/C14H24N2O2S/c1-2-18-12(17)6-5-9-15-13-16-10-14(11-19-13)7-3-4-8-14/h2-11H2,1H3,(H,15,16). The molecule has 0 unspecified atom stereocenters. The zero-order chi connectivity index (χ0) is 13.6. The first kappa shape index (κ1) is 14.7. The fraction of sp³-hybridized carbons (Fsp3) is 0.857. The number of rotatable bonds is 5. The van der Waals surface area contributed by atoms with E-state index in [4.69, 9.17) is 4.74 Å². The van der Waals surface area contributed by atoms with Crippen molar-refractivity contribution >= 4 is 22.9 Å². The maximum atomic E-state index is 11.2. The molecule has 0 radical (unpaired) electrons. The van der Waals surface area contributed by atoms with Crippen LogP contribution in [-0.2, 0) is 9.53 Å². The second-order valence-electron chi connectivity index (χ2n) is 5.45. The number of aliphatic imine (C=N–C) groups is 1. The molecule has 2 aliphatic rings. The second kappa shape index (κ2) is 7.17. The fourth-order valence-electron chi connectivity index (χ4n) is 2.75. The van der Waals surface area contributed by atoms with E-state index in [0.717, 1.165) is 24.7 Å². The Morgan fingerprint density at radius 1 is 1.47 bits per heavy atom. The third kappa shape index (κ3) is 4.41. The van der Waals surface area contributed by atoms with Gasteiger partial charge in [-0.25, -0.2) is 0 Å². The predicted octanol–water partition coefficient (Wildman–Crippen LogP) is 2.58. The second-order valence-corrected chi connectivity index (χ2v) is 6.42. The van der Waals surface area contributed by atoms with Gasteiger partial charge >= 0.3 is 5.97 Å². The average molecular weight is 284 g/mol. The van der Waals surface area contributed by atoms with Crippen molar-refractivity contribution in [2.75, 3.05) is 25.4 Å². The van der Waals surface area contributed by atoms with Crippen LogP contribution in [-0.4, -0.2) is 36.6 Å². The predicted molar refractivity (Wildman–Crippen MR) is 79.5 cm³/mol. The van der Waals surface area contributed by atoms with Gasteiger partial charge in [-0.3, -0.25) is 9.79 Å². The van der Waals surface area contributed by atoms with E-state index in [1.54, 1.807) is 0 Å². The summed E-state index contributed by atoms with van der Waals surface area (Å²) in [5.74, 6) is 1.10. The molecule has 1 N–H and O–H groups in total. The van der Waals surface area contributed by atoms with E-state index >= 15 is 0 Å². The van der Waals surface area contributed by atoms with Gasteiger partial charge in [-0.2, -0.15) is 0 Å². The molecule has 0 aromatic carbocycles. The van der Waals surface area contributed by atoms with Gasteiger partial charge in [-0.1, -0.05) is 24.6 Å². The molecule has 2 rings (SSSR count). The minimum atomic E-state index is -0.104. The van der Waals surface area contributed by atoms with Gasteiger partial charge in [-0.05, 0) is 31.6 Å². The van der Waals surface area contributed by atoms with Crippen molar-refractivity contribution in [2.24, 2.45) is 10.4 Å². The number of ether oxygens (including phenoxy) is 1. The number of carbonyl (C=O) groups excluding carboxylic acids is 1. The summed E-state index contributed by atoms with van der Waals surface area (Å²) in [5, 5.41) is 4.39. The van der Waals surface area contributed by atoms with Crippen LogP contribution in [0.5, 0.6) is 0 Å². The lowest BCUT2D eigenvalue weighted by atomic mass is 9.89. The number of thioether (sulfide) groups is 1. The summed E-state index contributed by atoms with van der Waals surface area (Å²) in [5.41, 5.74) is 0.501. The summed E-state index contributed by atoms with van der Waals surface area (Å²) in [4.78, 5) is 15.8. The average Bonchev–Trinajstić information content (AvgIpc) is 2.86. The van der Waals surface area contributed by atoms with Gasteiger partial charge in [0.25, 0.3) is 0 Å². The highest BCUT2D eigenvalue weighted by Gasteiger charge is 2.36. The van der Waals surface area contributed by atoms with Crippen LogP contribution in [0.25, 0.3) is 0 Å². The van der Waals surface area contributed by atoms with Crippen LogP contribution in [0.2, 0.25) is 0 Å². The summed E-state index contributed by atoms with van der Waals surface area (Å²) in [6, 6.07) is 0. The normalized spacial score (nSPS) is 21.2. The molecule has 1 aliphatic carbocycles. The Bertz CT molecular complexity index is 338. The molecule has 1 spiro atoms. The molecular formula is C14H24N2O2S. The first-order valence-corrected chi connectivity index (χ1v) is 8.29. The number of nitrogens with one attached hydrogen (secondary N) is 1. The third-order valence-corrected chi connectivity index (χ3v) is 5.18. The molecule has 0 aromatic heterocycles. The lowest BCUT2D eigenvalue weighted by Gasteiger charge is -2.31. The summed E-state index contributed by atoms with van der Waals surface area (Å²) >= 11 is 1.85. The lowest BCUT2D eigenvalue weighted by Crippen LogP contribution is -2.33. The monoisotopic (exact) mass is 284 g/mol. The smallest absolute Gasteiger partial charge is 0.305 e. The Balaban J connectivity index is 1.62. The molecule has 19 heavy (non-hydrogen) atoms. The molecule has 1 fully saturated rings. The highest BCUT2D eigenvalue weighted by atomic mass is 32.2. The summed E-state index contributed by atoms with van der Waals surface area (Å²) < 4.78 is 4.90. The van der Waals surface area contributed by atoms with Crippen LogP contribution < -0.4 is 5.32 Å². The van der Waals surface area contributed by atoms with E-state index < -0.39 is 0 Å². The molecule has 1 saturated carbocycles. The van der Waals surface area contributed by atoms with Crippen molar-refractivity contribution in [1.29, 1.82) is 0 Å². The van der Waals surface area contributed by atoms with Gasteiger partial charge in [0.2, 0.25) is 0 Å². The van der Waals surface area contributed by atoms with Crippen molar-refractivity contribution in [3.8, 4) is 0 Å². The zero-order valence-corrected chi connectivity index (χ0v) is 12.6. The molecule has 5 heteroatoms. The molecule has 0 bridgehead atoms. The minimum absolute atomic E-state index is 0.104. The number of esters is 1. The van der Waals surface area contributed by atoms with E-state index in [-0.39, 0.29) is 5.97 Å². The van der Waals surface area contributed by atoms with Crippen LogP contribution in [0.3, 0.4) is 0 Å². The van der Waals surface area contributed by atoms with Gasteiger partial charge in [0.15, 0.2) is 5.17 Å². The molecule has 1 heterocycles. The van der Waals surface area contributed by atoms with Crippen molar-refractivity contribution in [1.82, 2.24) is 5.32 Å². The van der Waals surface area contributed by atoms with Crippen molar-refractivity contribution in [2.45, 2.75) is 45.4 Å². The molecule has 1 aliphatic heterocycles. The molecule has 0 atom stereocenters. The first-order chi connectivity index (χ1) is 9.24. The Kier molecular flexibility index (Phi) is 5.55. The Labute approximate surface area is 119 Å². The summed E-state index contributed by atoms with van der Waals surface area (Å²) in [7, 11) is 0. The summed E-state index contributed by atoms with van der Waals surface area (Å²) in [6.07, 6.45) is 6.74. The van der Waals surface area contributed by atoms with Gasteiger partial charge < -0.3 is 10.1 Å². The first-order valence-electron chi connectivity index (χ1n) is 7.31. The topological polar surface area (TPSA) is 50.7 Å². The van der Waals surface area contributed by atoms with Gasteiger partial charge in [0.1, 0.15) is 0 Å². The SMILES string of the molecule is CCOC(=O)CCCNC1=NCC2(CCCC2)CS1. The third-order valence-electron chi connectivity index (χ3n) is 3.88. The molecule has 0 aromatic rings. The summed E-state index contributed by atoms with van der Waals surface area (Å²) in [6.45, 7) is 4.09. The Hall–Kier alpha value is -0.710. The largest absolute Gasteiger partial charge is 0.466 e. The Morgan fingerprint density at radius 3 is 2.89 bits per heavy atom. The van der Waals surface area contributed by atoms with E-state index in [2.05, 4.69) is 10.3 Å². The van der Waals surface area contributed by atoms with Crippen LogP contribution >= 0.6 is 11.8 Å². The number of hydrogen-bond donors (Lipinski definition) is 1. The quantitative estimate of drug-likeness (QED) is 0.623. The van der Waals surface area contributed by atoms with Crippen LogP contribution in [0.4, 0.5) is 0 Å². The van der Waals surface area contributed by atoms with E-state index in [9.17, 15) is 4.79 Å². The van der Waals surface area contributed by atoms with E-state index in [0.29, 0.717) is 18.4 Å². The Morgan fingerprint density at radius 2 is 2.26 bits per heavy atom. The number of amidine groups is 1. The van der Waals surface area contributed by atoms with Gasteiger partial charge in [0.05, 0.1) is 6.61 Å². The minimum Gasteiger partial charge on any atom is -0.466 e. The van der Waals surface area contributed by atoms with E-state index in [1.807, 2.05) is 18.7 Å². The van der Waals surface area contributed by atoms with Crippen molar-refractivity contribution in [3.05, 3.63) is 0 Å². The highest BCUT2D eigenvalue weighted by molar-refractivity contribution is 8.13. The van der Waals surface area contributed by atoms with Gasteiger partial charge in [0, 0.05) is 25.3 Å². The maximum Gasteiger partial charge on any atom is 0.305 e. The number of nitrogens with zero attached hydrogens (tertiary/aromatic N) is 1. The molecule has 0 amide bonds. The van der Waals surface area contributed by atoms with Crippen molar-refractivity contribution < 1.29 is 9.53 Å². The molecule has 0 saturated heterocycles. The molecule has 4 nitrogen and oxygen atoms in total. The van der Waals surface area contributed by atoms with Crippen LogP contribution in [0.15, 0.2) is 4.99 Å². The number of carbonyl (C=O) groups is 1. The molecule has 108 valence electrons. The van der Waals surface area contributed by atoms with Crippen LogP contribution in [0, 0.1) is 5.41 Å². The number of hydrogen-bond acceptors (Lipinski definition) is 5. The fourth-order valence-corrected chi connectivity index (χ4v) is 3.93. The highest BCUT2D eigenvalue weighted by Crippen LogP contribution is 2.43. The zero-order valence-electron chi connectivity index (χ0n) is 11.7. The molecular weight excluding hydrogens is 260 g/mol.